The Morgan fingerprint density at radius 1 is 1.32 bits per heavy atom. The number of aliphatic hydroxyl groups excluding tert-OH is 1. The van der Waals surface area contributed by atoms with Crippen molar-refractivity contribution in [2.75, 3.05) is 19.8 Å². The van der Waals surface area contributed by atoms with E-state index in [4.69, 9.17) is 4.74 Å². The zero-order valence-corrected chi connectivity index (χ0v) is 11.8. The van der Waals surface area contributed by atoms with Gasteiger partial charge in [0.15, 0.2) is 0 Å². The summed E-state index contributed by atoms with van der Waals surface area (Å²) in [6.45, 7) is 3.94. The summed E-state index contributed by atoms with van der Waals surface area (Å²) < 4.78 is 5.42. The standard InChI is InChI=1S/C16H25NO2/c1-2-3-8-19-12-16(18)11-17-15-9-13-6-4-5-7-14(13)10-15/h4-7,15-18H,2-3,8-12H2,1H3. The summed E-state index contributed by atoms with van der Waals surface area (Å²) in [5.74, 6) is 0. The number of ether oxygens (including phenoxy) is 1. The van der Waals surface area contributed by atoms with E-state index in [9.17, 15) is 5.11 Å². The molecule has 1 aromatic carbocycles. The minimum absolute atomic E-state index is 0.402. The van der Waals surface area contributed by atoms with Gasteiger partial charge in [0.1, 0.15) is 0 Å². The van der Waals surface area contributed by atoms with Crippen molar-refractivity contribution < 1.29 is 9.84 Å². The van der Waals surface area contributed by atoms with Crippen molar-refractivity contribution in [2.45, 2.75) is 44.8 Å². The van der Waals surface area contributed by atoms with E-state index in [0.717, 1.165) is 32.3 Å². The van der Waals surface area contributed by atoms with Gasteiger partial charge in [0, 0.05) is 19.2 Å². The van der Waals surface area contributed by atoms with Crippen LogP contribution in [0.1, 0.15) is 30.9 Å². The molecule has 1 atom stereocenters. The topological polar surface area (TPSA) is 41.5 Å². The molecule has 2 rings (SSSR count). The van der Waals surface area contributed by atoms with E-state index in [2.05, 4.69) is 36.5 Å². The van der Waals surface area contributed by atoms with E-state index in [1.165, 1.54) is 11.1 Å². The fourth-order valence-corrected chi connectivity index (χ4v) is 2.53. The molecule has 0 aromatic heterocycles. The molecule has 0 spiro atoms. The van der Waals surface area contributed by atoms with Crippen LogP contribution in [-0.2, 0) is 17.6 Å². The number of benzene rings is 1. The highest BCUT2D eigenvalue weighted by Crippen LogP contribution is 2.21. The summed E-state index contributed by atoms with van der Waals surface area (Å²) in [4.78, 5) is 0. The van der Waals surface area contributed by atoms with Crippen LogP contribution in [0, 0.1) is 0 Å². The highest BCUT2D eigenvalue weighted by atomic mass is 16.5. The normalized spacial score (nSPS) is 16.5. The molecular weight excluding hydrogens is 238 g/mol. The SMILES string of the molecule is CCCCOCC(O)CNC1Cc2ccccc2C1. The van der Waals surface area contributed by atoms with Gasteiger partial charge < -0.3 is 15.2 Å². The van der Waals surface area contributed by atoms with Crippen LogP contribution in [0.4, 0.5) is 0 Å². The van der Waals surface area contributed by atoms with Crippen LogP contribution in [0.2, 0.25) is 0 Å². The molecule has 3 nitrogen and oxygen atoms in total. The van der Waals surface area contributed by atoms with Crippen LogP contribution in [0.25, 0.3) is 0 Å². The molecular formula is C16H25NO2. The average molecular weight is 263 g/mol. The summed E-state index contributed by atoms with van der Waals surface area (Å²) in [6, 6.07) is 9.04. The smallest absolute Gasteiger partial charge is 0.0897 e. The molecule has 0 aliphatic heterocycles. The molecule has 1 aromatic rings. The summed E-state index contributed by atoms with van der Waals surface area (Å²) >= 11 is 0. The van der Waals surface area contributed by atoms with Crippen molar-refractivity contribution >= 4 is 0 Å². The van der Waals surface area contributed by atoms with Gasteiger partial charge in [0.05, 0.1) is 12.7 Å². The van der Waals surface area contributed by atoms with Gasteiger partial charge in [-0.2, -0.15) is 0 Å². The number of nitrogens with one attached hydrogen (secondary N) is 1. The second-order valence-electron chi connectivity index (χ2n) is 5.36. The fraction of sp³-hybridized carbons (Fsp3) is 0.625. The Balaban J connectivity index is 1.62. The third kappa shape index (κ3) is 4.60. The lowest BCUT2D eigenvalue weighted by Crippen LogP contribution is -2.38. The number of unbranched alkanes of at least 4 members (excludes halogenated alkanes) is 1. The molecule has 0 heterocycles. The largest absolute Gasteiger partial charge is 0.389 e. The fourth-order valence-electron chi connectivity index (χ4n) is 2.53. The van der Waals surface area contributed by atoms with Crippen molar-refractivity contribution in [3.05, 3.63) is 35.4 Å². The number of hydrogen-bond acceptors (Lipinski definition) is 3. The van der Waals surface area contributed by atoms with Gasteiger partial charge in [-0.05, 0) is 30.4 Å². The molecule has 0 bridgehead atoms. The molecule has 1 aliphatic rings. The van der Waals surface area contributed by atoms with E-state index >= 15 is 0 Å². The van der Waals surface area contributed by atoms with Gasteiger partial charge in [-0.25, -0.2) is 0 Å². The predicted octanol–water partition coefficient (Wildman–Crippen LogP) is 1.92. The average Bonchev–Trinajstić information content (AvgIpc) is 2.84. The van der Waals surface area contributed by atoms with Crippen LogP contribution >= 0.6 is 0 Å². The van der Waals surface area contributed by atoms with E-state index < -0.39 is 6.10 Å². The second kappa shape index (κ2) is 7.63. The Morgan fingerprint density at radius 3 is 2.63 bits per heavy atom. The molecule has 106 valence electrons. The maximum atomic E-state index is 9.84. The maximum absolute atomic E-state index is 9.84. The molecule has 19 heavy (non-hydrogen) atoms. The van der Waals surface area contributed by atoms with Gasteiger partial charge in [-0.1, -0.05) is 37.6 Å². The van der Waals surface area contributed by atoms with Crippen molar-refractivity contribution in [3.63, 3.8) is 0 Å². The molecule has 0 saturated heterocycles. The third-order valence-corrected chi connectivity index (χ3v) is 3.65. The molecule has 0 fully saturated rings. The number of aliphatic hydroxyl groups is 1. The molecule has 2 N–H and O–H groups in total. The van der Waals surface area contributed by atoms with Crippen molar-refractivity contribution in [3.8, 4) is 0 Å². The van der Waals surface area contributed by atoms with Crippen LogP contribution in [-0.4, -0.2) is 37.0 Å². The van der Waals surface area contributed by atoms with Gasteiger partial charge in [-0.15, -0.1) is 0 Å². The first-order chi connectivity index (χ1) is 9.29. The molecule has 0 saturated carbocycles. The summed E-state index contributed by atoms with van der Waals surface area (Å²) in [7, 11) is 0. The summed E-state index contributed by atoms with van der Waals surface area (Å²) in [5, 5.41) is 13.3. The van der Waals surface area contributed by atoms with Crippen LogP contribution in [0.3, 0.4) is 0 Å². The van der Waals surface area contributed by atoms with Gasteiger partial charge in [0.2, 0.25) is 0 Å². The van der Waals surface area contributed by atoms with Crippen LogP contribution < -0.4 is 5.32 Å². The zero-order chi connectivity index (χ0) is 13.5. The molecule has 0 radical (unpaired) electrons. The van der Waals surface area contributed by atoms with Crippen molar-refractivity contribution in [1.29, 1.82) is 0 Å². The summed E-state index contributed by atoms with van der Waals surface area (Å²) in [6.07, 6.45) is 3.94. The minimum Gasteiger partial charge on any atom is -0.389 e. The highest BCUT2D eigenvalue weighted by Gasteiger charge is 2.20. The lowest BCUT2D eigenvalue weighted by molar-refractivity contribution is 0.0347. The van der Waals surface area contributed by atoms with E-state index in [-0.39, 0.29) is 0 Å². The predicted molar refractivity (Wildman–Crippen MR) is 77.4 cm³/mol. The Kier molecular flexibility index (Phi) is 5.83. The number of rotatable bonds is 8. The van der Waals surface area contributed by atoms with E-state index in [1.807, 2.05) is 0 Å². The van der Waals surface area contributed by atoms with Gasteiger partial charge in [-0.3, -0.25) is 0 Å². The Labute approximate surface area is 116 Å². The lowest BCUT2D eigenvalue weighted by atomic mass is 10.1. The van der Waals surface area contributed by atoms with Gasteiger partial charge in [0.25, 0.3) is 0 Å². The maximum Gasteiger partial charge on any atom is 0.0897 e. The molecule has 3 heteroatoms. The zero-order valence-electron chi connectivity index (χ0n) is 11.8. The first kappa shape index (κ1) is 14.5. The Morgan fingerprint density at radius 2 is 2.00 bits per heavy atom. The van der Waals surface area contributed by atoms with E-state index in [0.29, 0.717) is 19.2 Å². The number of fused-ring (bicyclic) bond motifs is 1. The second-order valence-corrected chi connectivity index (χ2v) is 5.36. The Hall–Kier alpha value is -0.900. The molecule has 1 unspecified atom stereocenters. The Bertz CT molecular complexity index is 356. The van der Waals surface area contributed by atoms with Crippen molar-refractivity contribution in [1.82, 2.24) is 5.32 Å². The first-order valence-corrected chi connectivity index (χ1v) is 7.35. The highest BCUT2D eigenvalue weighted by molar-refractivity contribution is 5.33. The third-order valence-electron chi connectivity index (χ3n) is 3.65. The summed E-state index contributed by atoms with van der Waals surface area (Å²) in [5.41, 5.74) is 2.88. The van der Waals surface area contributed by atoms with Crippen LogP contribution in [0.15, 0.2) is 24.3 Å². The monoisotopic (exact) mass is 263 g/mol. The molecule has 1 aliphatic carbocycles. The quantitative estimate of drug-likeness (QED) is 0.704. The molecule has 0 amide bonds. The van der Waals surface area contributed by atoms with E-state index in [1.54, 1.807) is 0 Å². The first-order valence-electron chi connectivity index (χ1n) is 7.35. The number of hydrogen-bond donors (Lipinski definition) is 2. The van der Waals surface area contributed by atoms with Crippen molar-refractivity contribution in [2.24, 2.45) is 0 Å². The van der Waals surface area contributed by atoms with Crippen LogP contribution in [0.5, 0.6) is 0 Å². The minimum atomic E-state index is -0.402. The van der Waals surface area contributed by atoms with Gasteiger partial charge >= 0.3 is 0 Å². The lowest BCUT2D eigenvalue weighted by Gasteiger charge is -2.16.